The number of hydrogen-bond acceptors (Lipinski definition) is 2. The van der Waals surface area contributed by atoms with E-state index in [1.165, 1.54) is 25.0 Å². The minimum Gasteiger partial charge on any atom is -0.312 e. The first kappa shape index (κ1) is 9.66. The molecule has 14 heavy (non-hydrogen) atoms. The van der Waals surface area contributed by atoms with Gasteiger partial charge in [-0.15, -0.1) is 0 Å². The van der Waals surface area contributed by atoms with Gasteiger partial charge in [-0.1, -0.05) is 18.9 Å². The van der Waals surface area contributed by atoms with Crippen LogP contribution in [0.15, 0.2) is 18.2 Å². The van der Waals surface area contributed by atoms with E-state index in [0.29, 0.717) is 6.04 Å². The Labute approximate surface area is 85.7 Å². The summed E-state index contributed by atoms with van der Waals surface area (Å²) in [6, 6.07) is 6.71. The summed E-state index contributed by atoms with van der Waals surface area (Å²) in [5.41, 5.74) is 2.30. The summed E-state index contributed by atoms with van der Waals surface area (Å²) in [7, 11) is 2.02. The first-order valence-electron chi connectivity index (χ1n) is 5.40. The van der Waals surface area contributed by atoms with Crippen molar-refractivity contribution in [2.24, 2.45) is 5.92 Å². The van der Waals surface area contributed by atoms with Gasteiger partial charge in [0.05, 0.1) is 5.69 Å². The van der Waals surface area contributed by atoms with Gasteiger partial charge in [-0.2, -0.15) is 0 Å². The number of pyridine rings is 1. The van der Waals surface area contributed by atoms with Crippen molar-refractivity contribution in [1.29, 1.82) is 0 Å². The zero-order chi connectivity index (χ0) is 9.97. The van der Waals surface area contributed by atoms with Crippen LogP contribution in [0.4, 0.5) is 0 Å². The van der Waals surface area contributed by atoms with Crippen molar-refractivity contribution in [1.82, 2.24) is 10.3 Å². The summed E-state index contributed by atoms with van der Waals surface area (Å²) in [4.78, 5) is 4.56. The predicted molar refractivity (Wildman–Crippen MR) is 58.1 cm³/mol. The predicted octanol–water partition coefficient (Wildman–Crippen LogP) is 2.45. The zero-order valence-corrected chi connectivity index (χ0v) is 8.96. The van der Waals surface area contributed by atoms with Gasteiger partial charge in [0, 0.05) is 11.7 Å². The summed E-state index contributed by atoms with van der Waals surface area (Å²) in [5, 5.41) is 3.35. The first-order valence-corrected chi connectivity index (χ1v) is 5.40. The number of hydrogen-bond donors (Lipinski definition) is 1. The third-order valence-corrected chi connectivity index (χ3v) is 2.88. The Balaban J connectivity index is 2.08. The SMILES string of the molecule is CNC(CC1CC1)c1cccc(C)n1. The maximum atomic E-state index is 4.56. The van der Waals surface area contributed by atoms with E-state index in [-0.39, 0.29) is 0 Å². The molecule has 1 N–H and O–H groups in total. The van der Waals surface area contributed by atoms with Crippen molar-refractivity contribution < 1.29 is 0 Å². The highest BCUT2D eigenvalue weighted by atomic mass is 14.9. The van der Waals surface area contributed by atoms with Crippen LogP contribution in [0.25, 0.3) is 0 Å². The smallest absolute Gasteiger partial charge is 0.0576 e. The third kappa shape index (κ3) is 2.32. The average Bonchev–Trinajstić information content (AvgIpc) is 2.98. The Bertz CT molecular complexity index is 305. The summed E-state index contributed by atoms with van der Waals surface area (Å²) < 4.78 is 0. The second-order valence-corrected chi connectivity index (χ2v) is 4.22. The third-order valence-electron chi connectivity index (χ3n) is 2.88. The highest BCUT2D eigenvalue weighted by Crippen LogP contribution is 2.37. The molecule has 1 aromatic heterocycles. The zero-order valence-electron chi connectivity index (χ0n) is 8.96. The lowest BCUT2D eigenvalue weighted by Crippen LogP contribution is -2.18. The van der Waals surface area contributed by atoms with E-state index >= 15 is 0 Å². The number of aromatic nitrogens is 1. The Morgan fingerprint density at radius 2 is 2.29 bits per heavy atom. The molecule has 1 fully saturated rings. The molecular weight excluding hydrogens is 172 g/mol. The minimum absolute atomic E-state index is 0.447. The van der Waals surface area contributed by atoms with E-state index in [4.69, 9.17) is 0 Å². The fourth-order valence-corrected chi connectivity index (χ4v) is 1.83. The lowest BCUT2D eigenvalue weighted by molar-refractivity contribution is 0.502. The van der Waals surface area contributed by atoms with E-state index in [2.05, 4.69) is 22.4 Å². The van der Waals surface area contributed by atoms with Gasteiger partial charge >= 0.3 is 0 Å². The summed E-state index contributed by atoms with van der Waals surface area (Å²) in [6.07, 6.45) is 4.06. The van der Waals surface area contributed by atoms with Crippen molar-refractivity contribution in [2.45, 2.75) is 32.2 Å². The Hall–Kier alpha value is -0.890. The second kappa shape index (κ2) is 4.09. The molecule has 0 amide bonds. The normalized spacial score (nSPS) is 18.1. The van der Waals surface area contributed by atoms with Gasteiger partial charge < -0.3 is 5.32 Å². The van der Waals surface area contributed by atoms with Crippen LogP contribution in [0.3, 0.4) is 0 Å². The number of nitrogens with one attached hydrogen (secondary N) is 1. The molecule has 1 heterocycles. The van der Waals surface area contributed by atoms with Crippen molar-refractivity contribution in [3.8, 4) is 0 Å². The maximum absolute atomic E-state index is 4.56. The monoisotopic (exact) mass is 190 g/mol. The molecule has 0 spiro atoms. The highest BCUT2D eigenvalue weighted by Gasteiger charge is 2.25. The molecule has 0 aromatic carbocycles. The van der Waals surface area contributed by atoms with Crippen LogP contribution in [-0.2, 0) is 0 Å². The van der Waals surface area contributed by atoms with Crippen LogP contribution in [0, 0.1) is 12.8 Å². The largest absolute Gasteiger partial charge is 0.312 e. The molecule has 0 bridgehead atoms. The lowest BCUT2D eigenvalue weighted by Gasteiger charge is -2.15. The molecule has 0 saturated heterocycles. The molecular formula is C12H18N2. The van der Waals surface area contributed by atoms with Gasteiger partial charge in [0.25, 0.3) is 0 Å². The van der Waals surface area contributed by atoms with Crippen molar-refractivity contribution >= 4 is 0 Å². The molecule has 1 saturated carbocycles. The second-order valence-electron chi connectivity index (χ2n) is 4.22. The van der Waals surface area contributed by atoms with Crippen LogP contribution in [0.1, 0.15) is 36.7 Å². The summed E-state index contributed by atoms with van der Waals surface area (Å²) in [6.45, 7) is 2.05. The molecule has 2 nitrogen and oxygen atoms in total. The van der Waals surface area contributed by atoms with Crippen molar-refractivity contribution in [2.75, 3.05) is 7.05 Å². The standard InChI is InChI=1S/C12H18N2/c1-9-4-3-5-11(14-9)12(13-2)8-10-6-7-10/h3-5,10,12-13H,6-8H2,1-2H3. The molecule has 0 radical (unpaired) electrons. The van der Waals surface area contributed by atoms with Crippen LogP contribution in [0.2, 0.25) is 0 Å². The maximum Gasteiger partial charge on any atom is 0.0576 e. The topological polar surface area (TPSA) is 24.9 Å². The average molecular weight is 190 g/mol. The molecule has 1 aliphatic rings. The van der Waals surface area contributed by atoms with Crippen LogP contribution >= 0.6 is 0 Å². The summed E-state index contributed by atoms with van der Waals surface area (Å²) >= 11 is 0. The van der Waals surface area contributed by atoms with E-state index in [9.17, 15) is 0 Å². The van der Waals surface area contributed by atoms with Gasteiger partial charge in [-0.25, -0.2) is 0 Å². The molecule has 76 valence electrons. The molecule has 1 atom stereocenters. The molecule has 1 aliphatic carbocycles. The molecule has 1 unspecified atom stereocenters. The quantitative estimate of drug-likeness (QED) is 0.789. The van der Waals surface area contributed by atoms with E-state index in [1.54, 1.807) is 0 Å². The van der Waals surface area contributed by atoms with Gasteiger partial charge in [0.2, 0.25) is 0 Å². The highest BCUT2D eigenvalue weighted by molar-refractivity contribution is 5.13. The fraction of sp³-hybridized carbons (Fsp3) is 0.583. The Morgan fingerprint density at radius 1 is 1.50 bits per heavy atom. The van der Waals surface area contributed by atoms with Gasteiger partial charge in [0.1, 0.15) is 0 Å². The van der Waals surface area contributed by atoms with Crippen LogP contribution in [0.5, 0.6) is 0 Å². The Kier molecular flexibility index (Phi) is 2.82. The molecule has 1 aromatic rings. The number of nitrogens with zero attached hydrogens (tertiary/aromatic N) is 1. The Morgan fingerprint density at radius 3 is 2.86 bits per heavy atom. The van der Waals surface area contributed by atoms with E-state index in [1.807, 2.05) is 20.0 Å². The van der Waals surface area contributed by atoms with Gasteiger partial charge in [-0.05, 0) is 38.4 Å². The minimum atomic E-state index is 0.447. The summed E-state index contributed by atoms with van der Waals surface area (Å²) in [5.74, 6) is 0.940. The lowest BCUT2D eigenvalue weighted by atomic mass is 10.1. The van der Waals surface area contributed by atoms with Crippen LogP contribution < -0.4 is 5.32 Å². The fourth-order valence-electron chi connectivity index (χ4n) is 1.83. The van der Waals surface area contributed by atoms with Crippen molar-refractivity contribution in [3.05, 3.63) is 29.6 Å². The van der Waals surface area contributed by atoms with E-state index < -0.39 is 0 Å². The number of rotatable bonds is 4. The van der Waals surface area contributed by atoms with Gasteiger partial charge in [0.15, 0.2) is 0 Å². The number of aryl methyl sites for hydroxylation is 1. The van der Waals surface area contributed by atoms with Gasteiger partial charge in [-0.3, -0.25) is 4.98 Å². The molecule has 2 heteroatoms. The molecule has 2 rings (SSSR count). The van der Waals surface area contributed by atoms with E-state index in [0.717, 1.165) is 11.6 Å². The molecule has 0 aliphatic heterocycles. The van der Waals surface area contributed by atoms with Crippen molar-refractivity contribution in [3.63, 3.8) is 0 Å². The van der Waals surface area contributed by atoms with Crippen LogP contribution in [-0.4, -0.2) is 12.0 Å². The first-order chi connectivity index (χ1) is 6.79.